The van der Waals surface area contributed by atoms with Gasteiger partial charge >= 0.3 is 0 Å². The molecule has 1 N–H and O–H groups in total. The molecule has 2 aromatic carbocycles. The third kappa shape index (κ3) is 2.74. The zero-order chi connectivity index (χ0) is 15.9. The molecular weight excluding hydrogens is 292 g/mol. The summed E-state index contributed by atoms with van der Waals surface area (Å²) in [7, 11) is 0. The van der Waals surface area contributed by atoms with Crippen LogP contribution in [0, 0.1) is 27.7 Å². The van der Waals surface area contributed by atoms with E-state index in [-0.39, 0.29) is 5.91 Å². The lowest BCUT2D eigenvalue weighted by molar-refractivity contribution is 0.102. The van der Waals surface area contributed by atoms with Crippen LogP contribution in [-0.2, 0) is 0 Å². The fourth-order valence-electron chi connectivity index (χ4n) is 2.47. The number of aryl methyl sites for hydroxylation is 4. The van der Waals surface area contributed by atoms with Gasteiger partial charge in [-0.25, -0.2) is 4.98 Å². The Bertz CT molecular complexity index is 841. The van der Waals surface area contributed by atoms with E-state index in [9.17, 15) is 4.79 Å². The van der Waals surface area contributed by atoms with Crippen LogP contribution in [0.4, 0.5) is 5.13 Å². The summed E-state index contributed by atoms with van der Waals surface area (Å²) in [6.45, 7) is 8.13. The summed E-state index contributed by atoms with van der Waals surface area (Å²) in [6.07, 6.45) is 0. The first-order valence-electron chi connectivity index (χ1n) is 7.20. The molecule has 0 fully saturated rings. The van der Waals surface area contributed by atoms with E-state index in [4.69, 9.17) is 0 Å². The number of hydrogen-bond donors (Lipinski definition) is 1. The maximum atomic E-state index is 12.4. The van der Waals surface area contributed by atoms with Crippen molar-refractivity contribution in [1.82, 2.24) is 4.98 Å². The van der Waals surface area contributed by atoms with Crippen LogP contribution in [0.5, 0.6) is 0 Å². The molecule has 0 bridgehead atoms. The number of rotatable bonds is 2. The van der Waals surface area contributed by atoms with Crippen LogP contribution in [0.1, 0.15) is 32.6 Å². The maximum Gasteiger partial charge on any atom is 0.257 e. The minimum absolute atomic E-state index is 0.106. The fourth-order valence-corrected chi connectivity index (χ4v) is 3.41. The summed E-state index contributed by atoms with van der Waals surface area (Å²) in [5.74, 6) is -0.106. The van der Waals surface area contributed by atoms with Gasteiger partial charge in [-0.15, -0.1) is 0 Å². The number of benzene rings is 2. The van der Waals surface area contributed by atoms with Crippen molar-refractivity contribution in [2.45, 2.75) is 27.7 Å². The Morgan fingerprint density at radius 2 is 1.73 bits per heavy atom. The number of aromatic nitrogens is 1. The Morgan fingerprint density at radius 1 is 1.00 bits per heavy atom. The Labute approximate surface area is 134 Å². The zero-order valence-electron chi connectivity index (χ0n) is 13.2. The van der Waals surface area contributed by atoms with Gasteiger partial charge in [0.1, 0.15) is 0 Å². The first-order valence-corrected chi connectivity index (χ1v) is 8.02. The van der Waals surface area contributed by atoms with Crippen molar-refractivity contribution in [1.29, 1.82) is 0 Å². The van der Waals surface area contributed by atoms with E-state index in [1.807, 2.05) is 32.0 Å². The highest BCUT2D eigenvalue weighted by atomic mass is 32.1. The highest BCUT2D eigenvalue weighted by Gasteiger charge is 2.12. The van der Waals surface area contributed by atoms with Gasteiger partial charge in [-0.1, -0.05) is 29.0 Å². The standard InChI is InChI=1S/C18H18N2OS/c1-10-5-6-14(13(4)7-10)17(21)20-18-19-15-8-11(2)12(3)9-16(15)22-18/h5-9H,1-4H3,(H,19,20,21). The van der Waals surface area contributed by atoms with Crippen molar-refractivity contribution in [2.24, 2.45) is 0 Å². The predicted octanol–water partition coefficient (Wildman–Crippen LogP) is 4.78. The lowest BCUT2D eigenvalue weighted by Gasteiger charge is -2.06. The largest absolute Gasteiger partial charge is 0.298 e. The van der Waals surface area contributed by atoms with Crippen LogP contribution < -0.4 is 5.32 Å². The van der Waals surface area contributed by atoms with E-state index in [1.54, 1.807) is 0 Å². The average Bonchev–Trinajstić information content (AvgIpc) is 2.80. The van der Waals surface area contributed by atoms with Gasteiger partial charge in [-0.3, -0.25) is 10.1 Å². The molecule has 1 aromatic heterocycles. The number of carbonyl (C=O) groups is 1. The number of amides is 1. The minimum atomic E-state index is -0.106. The van der Waals surface area contributed by atoms with Gasteiger partial charge in [0, 0.05) is 5.56 Å². The molecule has 3 rings (SSSR count). The summed E-state index contributed by atoms with van der Waals surface area (Å²) in [5, 5.41) is 3.56. The predicted molar refractivity (Wildman–Crippen MR) is 93.0 cm³/mol. The summed E-state index contributed by atoms with van der Waals surface area (Å²) in [6, 6.07) is 10.0. The number of hydrogen-bond acceptors (Lipinski definition) is 3. The van der Waals surface area contributed by atoms with Crippen molar-refractivity contribution >= 4 is 32.6 Å². The van der Waals surface area contributed by atoms with Gasteiger partial charge in [0.05, 0.1) is 10.2 Å². The lowest BCUT2D eigenvalue weighted by atomic mass is 10.1. The van der Waals surface area contributed by atoms with Gasteiger partial charge < -0.3 is 0 Å². The third-order valence-electron chi connectivity index (χ3n) is 3.85. The van der Waals surface area contributed by atoms with Crippen LogP contribution in [0.15, 0.2) is 30.3 Å². The normalized spacial score (nSPS) is 10.9. The number of thiazole rings is 1. The second-order valence-electron chi connectivity index (χ2n) is 5.70. The van der Waals surface area contributed by atoms with Gasteiger partial charge in [-0.05, 0) is 62.6 Å². The van der Waals surface area contributed by atoms with E-state index in [1.165, 1.54) is 22.5 Å². The molecule has 1 heterocycles. The average molecular weight is 310 g/mol. The van der Waals surface area contributed by atoms with E-state index >= 15 is 0 Å². The quantitative estimate of drug-likeness (QED) is 0.740. The molecule has 0 radical (unpaired) electrons. The molecule has 0 saturated carbocycles. The highest BCUT2D eigenvalue weighted by molar-refractivity contribution is 7.22. The molecule has 1 amide bonds. The van der Waals surface area contributed by atoms with Crippen molar-refractivity contribution in [2.75, 3.05) is 5.32 Å². The monoisotopic (exact) mass is 310 g/mol. The van der Waals surface area contributed by atoms with Gasteiger partial charge in [0.2, 0.25) is 0 Å². The van der Waals surface area contributed by atoms with Crippen molar-refractivity contribution in [3.05, 3.63) is 58.1 Å². The van der Waals surface area contributed by atoms with E-state index < -0.39 is 0 Å². The molecule has 3 nitrogen and oxygen atoms in total. The SMILES string of the molecule is Cc1ccc(C(=O)Nc2nc3cc(C)c(C)cc3s2)c(C)c1. The molecular formula is C18H18N2OS. The minimum Gasteiger partial charge on any atom is -0.298 e. The van der Waals surface area contributed by atoms with Gasteiger partial charge in [0.15, 0.2) is 5.13 Å². The molecule has 4 heteroatoms. The lowest BCUT2D eigenvalue weighted by Crippen LogP contribution is -2.13. The number of nitrogens with one attached hydrogen (secondary N) is 1. The Balaban J connectivity index is 1.90. The molecule has 0 saturated heterocycles. The van der Waals surface area contributed by atoms with E-state index in [0.29, 0.717) is 10.7 Å². The molecule has 3 aromatic rings. The second kappa shape index (κ2) is 5.54. The first-order chi connectivity index (χ1) is 10.4. The molecule has 22 heavy (non-hydrogen) atoms. The smallest absolute Gasteiger partial charge is 0.257 e. The van der Waals surface area contributed by atoms with Crippen molar-refractivity contribution in [3.63, 3.8) is 0 Å². The van der Waals surface area contributed by atoms with Crippen LogP contribution in [0.2, 0.25) is 0 Å². The number of nitrogens with zero attached hydrogens (tertiary/aromatic N) is 1. The van der Waals surface area contributed by atoms with Crippen LogP contribution >= 0.6 is 11.3 Å². The molecule has 112 valence electrons. The van der Waals surface area contributed by atoms with Gasteiger partial charge in [0.25, 0.3) is 5.91 Å². The second-order valence-corrected chi connectivity index (χ2v) is 6.73. The number of anilines is 1. The summed E-state index contributed by atoms with van der Waals surface area (Å²) < 4.78 is 1.10. The fraction of sp³-hybridized carbons (Fsp3) is 0.222. The van der Waals surface area contributed by atoms with Crippen molar-refractivity contribution < 1.29 is 4.79 Å². The maximum absolute atomic E-state index is 12.4. The Kier molecular flexibility index (Phi) is 3.71. The van der Waals surface area contributed by atoms with Crippen molar-refractivity contribution in [3.8, 4) is 0 Å². The third-order valence-corrected chi connectivity index (χ3v) is 4.78. The molecule has 0 aliphatic carbocycles. The van der Waals surface area contributed by atoms with E-state index in [2.05, 4.69) is 36.3 Å². The number of fused-ring (bicyclic) bond motifs is 1. The van der Waals surface area contributed by atoms with Crippen LogP contribution in [-0.4, -0.2) is 10.9 Å². The molecule has 0 aliphatic rings. The molecule has 0 aliphatic heterocycles. The topological polar surface area (TPSA) is 42.0 Å². The molecule has 0 atom stereocenters. The summed E-state index contributed by atoms with van der Waals surface area (Å²) in [4.78, 5) is 16.9. The highest BCUT2D eigenvalue weighted by Crippen LogP contribution is 2.28. The Morgan fingerprint density at radius 3 is 2.45 bits per heavy atom. The molecule has 0 unspecified atom stereocenters. The number of carbonyl (C=O) groups excluding carboxylic acids is 1. The summed E-state index contributed by atoms with van der Waals surface area (Å²) >= 11 is 1.51. The first kappa shape index (κ1) is 14.7. The Hall–Kier alpha value is -2.20. The molecule has 0 spiro atoms. The van der Waals surface area contributed by atoms with Gasteiger partial charge in [-0.2, -0.15) is 0 Å². The summed E-state index contributed by atoms with van der Waals surface area (Å²) in [5.41, 5.74) is 6.21. The van der Waals surface area contributed by atoms with Crippen LogP contribution in [0.25, 0.3) is 10.2 Å². The van der Waals surface area contributed by atoms with Crippen LogP contribution in [0.3, 0.4) is 0 Å². The zero-order valence-corrected chi connectivity index (χ0v) is 14.0. The van der Waals surface area contributed by atoms with E-state index in [0.717, 1.165) is 21.3 Å².